The molecule has 1 aromatic rings. The molecule has 0 aromatic heterocycles. The van der Waals surface area contributed by atoms with Gasteiger partial charge in [0.15, 0.2) is 0 Å². The van der Waals surface area contributed by atoms with Crippen LogP contribution in [0.4, 0.5) is 0 Å². The van der Waals surface area contributed by atoms with E-state index in [-0.39, 0.29) is 42.6 Å². The van der Waals surface area contributed by atoms with Crippen molar-refractivity contribution < 1.29 is 23.9 Å². The maximum atomic E-state index is 12.5. The van der Waals surface area contributed by atoms with Crippen LogP contribution in [0.3, 0.4) is 0 Å². The zero-order valence-electron chi connectivity index (χ0n) is 15.5. The molecule has 2 heterocycles. The minimum Gasteiger partial charge on any atom is -0.466 e. The fourth-order valence-electron chi connectivity index (χ4n) is 3.64. The molecule has 7 heteroatoms. The zero-order valence-corrected chi connectivity index (χ0v) is 15.5. The lowest BCUT2D eigenvalue weighted by atomic mass is 9.98. The molecule has 0 saturated carbocycles. The van der Waals surface area contributed by atoms with Crippen LogP contribution in [0.15, 0.2) is 24.3 Å². The average Bonchev–Trinajstić information content (AvgIpc) is 2.93. The number of imide groups is 1. The van der Waals surface area contributed by atoms with Crippen molar-refractivity contribution in [2.75, 3.05) is 26.2 Å². The summed E-state index contributed by atoms with van der Waals surface area (Å²) in [5.41, 5.74) is 0.837. The summed E-state index contributed by atoms with van der Waals surface area (Å²) in [5.74, 6) is -1.17. The van der Waals surface area contributed by atoms with Crippen LogP contribution >= 0.6 is 0 Å². The molecule has 1 fully saturated rings. The first-order valence-electron chi connectivity index (χ1n) is 9.42. The highest BCUT2D eigenvalue weighted by Crippen LogP contribution is 2.23. The summed E-state index contributed by atoms with van der Waals surface area (Å²) in [6.45, 7) is 3.33. The van der Waals surface area contributed by atoms with Crippen molar-refractivity contribution in [2.24, 2.45) is 5.92 Å². The van der Waals surface area contributed by atoms with Gasteiger partial charge in [-0.3, -0.25) is 24.1 Å². The van der Waals surface area contributed by atoms with Crippen LogP contribution in [0.1, 0.15) is 53.3 Å². The molecule has 0 spiro atoms. The predicted molar refractivity (Wildman–Crippen MR) is 97.0 cm³/mol. The van der Waals surface area contributed by atoms with Crippen LogP contribution in [-0.2, 0) is 14.3 Å². The first-order chi connectivity index (χ1) is 13.0. The predicted octanol–water partition coefficient (Wildman–Crippen LogP) is 1.86. The Hall–Kier alpha value is -2.70. The van der Waals surface area contributed by atoms with Crippen LogP contribution < -0.4 is 0 Å². The molecule has 0 unspecified atom stereocenters. The fraction of sp³-hybridized carbons (Fsp3) is 0.500. The molecule has 2 aliphatic rings. The number of carbonyl (C=O) groups is 4. The maximum absolute atomic E-state index is 12.5. The van der Waals surface area contributed by atoms with E-state index in [0.717, 1.165) is 12.8 Å². The normalized spacial score (nSPS) is 19.2. The standard InChI is InChI=1S/C20H24N2O5/c1-2-27-20(26)14-7-5-11-21(13-14)17(23)10-6-12-22-18(24)15-8-3-4-9-16(15)19(22)25/h3-4,8-9,14H,2,5-7,10-13H2,1H3/t14-/m1/s1. The molecule has 3 rings (SSSR count). The lowest BCUT2D eigenvalue weighted by Gasteiger charge is -2.31. The van der Waals surface area contributed by atoms with Crippen LogP contribution in [0.5, 0.6) is 0 Å². The first-order valence-corrected chi connectivity index (χ1v) is 9.42. The molecular weight excluding hydrogens is 348 g/mol. The number of carbonyl (C=O) groups excluding carboxylic acids is 4. The number of fused-ring (bicyclic) bond motifs is 1. The Balaban J connectivity index is 1.49. The van der Waals surface area contributed by atoms with Crippen molar-refractivity contribution in [3.63, 3.8) is 0 Å². The number of ether oxygens (including phenoxy) is 1. The largest absolute Gasteiger partial charge is 0.466 e. The molecule has 0 N–H and O–H groups in total. The maximum Gasteiger partial charge on any atom is 0.310 e. The molecule has 2 aliphatic heterocycles. The van der Waals surface area contributed by atoms with Gasteiger partial charge in [-0.2, -0.15) is 0 Å². The topological polar surface area (TPSA) is 84.0 Å². The second-order valence-electron chi connectivity index (χ2n) is 6.84. The van der Waals surface area contributed by atoms with Crippen LogP contribution in [0.25, 0.3) is 0 Å². The summed E-state index contributed by atoms with van der Waals surface area (Å²) in [6.07, 6.45) is 2.15. The van der Waals surface area contributed by atoms with E-state index in [1.807, 2.05) is 0 Å². The van der Waals surface area contributed by atoms with E-state index < -0.39 is 0 Å². The van der Waals surface area contributed by atoms with E-state index in [9.17, 15) is 19.2 Å². The Labute approximate surface area is 158 Å². The van der Waals surface area contributed by atoms with Crippen molar-refractivity contribution in [1.29, 1.82) is 0 Å². The van der Waals surface area contributed by atoms with Gasteiger partial charge in [0.25, 0.3) is 11.8 Å². The van der Waals surface area contributed by atoms with E-state index in [1.54, 1.807) is 36.1 Å². The monoisotopic (exact) mass is 372 g/mol. The number of rotatable bonds is 6. The van der Waals surface area contributed by atoms with Gasteiger partial charge < -0.3 is 9.64 Å². The summed E-state index contributed by atoms with van der Waals surface area (Å²) >= 11 is 0. The number of esters is 1. The molecule has 1 atom stereocenters. The van der Waals surface area contributed by atoms with Crippen molar-refractivity contribution >= 4 is 23.7 Å². The van der Waals surface area contributed by atoms with Gasteiger partial charge in [-0.25, -0.2) is 0 Å². The van der Waals surface area contributed by atoms with E-state index in [0.29, 0.717) is 37.2 Å². The van der Waals surface area contributed by atoms with Gasteiger partial charge in [0.2, 0.25) is 5.91 Å². The Morgan fingerprint density at radius 1 is 1.15 bits per heavy atom. The van der Waals surface area contributed by atoms with Crippen molar-refractivity contribution in [1.82, 2.24) is 9.80 Å². The van der Waals surface area contributed by atoms with Crippen molar-refractivity contribution in [2.45, 2.75) is 32.6 Å². The zero-order chi connectivity index (χ0) is 19.4. The molecule has 0 aliphatic carbocycles. The number of likely N-dealkylation sites (tertiary alicyclic amines) is 1. The molecule has 1 aromatic carbocycles. The number of hydrogen-bond donors (Lipinski definition) is 0. The van der Waals surface area contributed by atoms with Gasteiger partial charge in [0.05, 0.1) is 23.7 Å². The van der Waals surface area contributed by atoms with Crippen LogP contribution in [0, 0.1) is 5.92 Å². The first kappa shape index (κ1) is 19.1. The van der Waals surface area contributed by atoms with Gasteiger partial charge in [0, 0.05) is 26.1 Å². The highest BCUT2D eigenvalue weighted by Gasteiger charge is 2.35. The van der Waals surface area contributed by atoms with Crippen molar-refractivity contribution in [3.8, 4) is 0 Å². The lowest BCUT2D eigenvalue weighted by molar-refractivity contribution is -0.151. The van der Waals surface area contributed by atoms with Gasteiger partial charge in [-0.1, -0.05) is 12.1 Å². The third-order valence-corrected chi connectivity index (χ3v) is 5.04. The summed E-state index contributed by atoms with van der Waals surface area (Å²) in [6, 6.07) is 6.74. The van der Waals surface area contributed by atoms with E-state index >= 15 is 0 Å². The third kappa shape index (κ3) is 4.02. The molecular formula is C20H24N2O5. The van der Waals surface area contributed by atoms with E-state index in [4.69, 9.17) is 4.74 Å². The number of amides is 3. The second-order valence-corrected chi connectivity index (χ2v) is 6.84. The Kier molecular flexibility index (Phi) is 5.88. The summed E-state index contributed by atoms with van der Waals surface area (Å²) in [4.78, 5) is 51.9. The number of nitrogens with zero attached hydrogens (tertiary/aromatic N) is 2. The SMILES string of the molecule is CCOC(=O)[C@@H]1CCCN(C(=O)CCCN2C(=O)c3ccccc3C2=O)C1. The smallest absolute Gasteiger partial charge is 0.310 e. The minimum absolute atomic E-state index is 0.0550. The van der Waals surface area contributed by atoms with E-state index in [2.05, 4.69) is 0 Å². The summed E-state index contributed by atoms with van der Waals surface area (Å²) < 4.78 is 5.05. The minimum atomic E-state index is -0.302. The fourth-order valence-corrected chi connectivity index (χ4v) is 3.64. The molecule has 144 valence electrons. The third-order valence-electron chi connectivity index (χ3n) is 5.04. The molecule has 1 saturated heterocycles. The average molecular weight is 372 g/mol. The number of benzene rings is 1. The van der Waals surface area contributed by atoms with E-state index in [1.165, 1.54) is 4.90 Å². The highest BCUT2D eigenvalue weighted by molar-refractivity contribution is 6.21. The summed E-state index contributed by atoms with van der Waals surface area (Å²) in [5, 5.41) is 0. The highest BCUT2D eigenvalue weighted by atomic mass is 16.5. The van der Waals surface area contributed by atoms with Crippen LogP contribution in [0.2, 0.25) is 0 Å². The molecule has 0 bridgehead atoms. The van der Waals surface area contributed by atoms with Gasteiger partial charge in [-0.05, 0) is 38.3 Å². The second kappa shape index (κ2) is 8.33. The Morgan fingerprint density at radius 3 is 2.44 bits per heavy atom. The summed E-state index contributed by atoms with van der Waals surface area (Å²) in [7, 11) is 0. The molecule has 7 nitrogen and oxygen atoms in total. The van der Waals surface area contributed by atoms with Crippen LogP contribution in [-0.4, -0.2) is 59.7 Å². The van der Waals surface area contributed by atoms with Gasteiger partial charge in [0.1, 0.15) is 0 Å². The van der Waals surface area contributed by atoms with Gasteiger partial charge in [-0.15, -0.1) is 0 Å². The Morgan fingerprint density at radius 2 is 1.81 bits per heavy atom. The number of piperidine rings is 1. The van der Waals surface area contributed by atoms with Gasteiger partial charge >= 0.3 is 5.97 Å². The Bertz CT molecular complexity index is 725. The molecule has 27 heavy (non-hydrogen) atoms. The lowest BCUT2D eigenvalue weighted by Crippen LogP contribution is -2.43. The molecule has 3 amide bonds. The van der Waals surface area contributed by atoms with Crippen molar-refractivity contribution in [3.05, 3.63) is 35.4 Å². The quantitative estimate of drug-likeness (QED) is 0.562. The number of hydrogen-bond acceptors (Lipinski definition) is 5. The molecule has 0 radical (unpaired) electrons.